The van der Waals surface area contributed by atoms with Crippen molar-refractivity contribution in [3.05, 3.63) is 59.2 Å². The molecular weight excluding hydrogens is 443 g/mol. The summed E-state index contributed by atoms with van der Waals surface area (Å²) in [5.74, 6) is -0.551. The van der Waals surface area contributed by atoms with Gasteiger partial charge in [-0.2, -0.15) is 13.2 Å². The summed E-state index contributed by atoms with van der Waals surface area (Å²) in [5, 5.41) is 3.03. The number of hydrogen-bond donors (Lipinski definition) is 1. The Morgan fingerprint density at radius 3 is 2.65 bits per heavy atom. The maximum atomic E-state index is 13.4. The highest BCUT2D eigenvalue weighted by Crippen LogP contribution is 2.40. The fraction of sp³-hybridized carbons (Fsp3) is 0.500. The third-order valence-corrected chi connectivity index (χ3v) is 7.30. The molecule has 182 valence electrons. The molecule has 3 unspecified atom stereocenters. The van der Waals surface area contributed by atoms with Gasteiger partial charge in [0.2, 0.25) is 5.91 Å². The first kappa shape index (κ1) is 23.0. The molecule has 1 amide bonds. The van der Waals surface area contributed by atoms with Crippen LogP contribution in [0.1, 0.15) is 29.5 Å². The number of anilines is 2. The quantitative estimate of drug-likeness (QED) is 0.724. The lowest BCUT2D eigenvalue weighted by Crippen LogP contribution is -2.61. The second-order valence-corrected chi connectivity index (χ2v) is 9.57. The van der Waals surface area contributed by atoms with Gasteiger partial charge in [0.1, 0.15) is 0 Å². The van der Waals surface area contributed by atoms with Crippen LogP contribution in [0.4, 0.5) is 24.5 Å². The summed E-state index contributed by atoms with van der Waals surface area (Å²) < 4.78 is 45.8. The Labute approximate surface area is 197 Å². The highest BCUT2D eigenvalue weighted by atomic mass is 19.4. The number of rotatable bonds is 4. The first-order chi connectivity index (χ1) is 16.3. The topological polar surface area (TPSA) is 44.8 Å². The third kappa shape index (κ3) is 4.60. The average Bonchev–Trinajstić information content (AvgIpc) is 3.35. The molecule has 2 aromatic carbocycles. The number of piperazine rings is 1. The van der Waals surface area contributed by atoms with E-state index in [0.29, 0.717) is 38.2 Å². The number of hydrogen-bond acceptors (Lipinski definition) is 4. The van der Waals surface area contributed by atoms with Crippen molar-refractivity contribution in [3.63, 3.8) is 0 Å². The number of ether oxygens (including phenoxy) is 1. The number of benzene rings is 2. The van der Waals surface area contributed by atoms with Gasteiger partial charge in [-0.05, 0) is 62.1 Å². The molecule has 3 aliphatic rings. The number of carbonyl (C=O) groups excluding carboxylic acids is 1. The van der Waals surface area contributed by atoms with Crippen LogP contribution in [0.3, 0.4) is 0 Å². The molecule has 2 fully saturated rings. The van der Waals surface area contributed by atoms with E-state index in [2.05, 4.69) is 39.4 Å². The molecule has 0 aromatic heterocycles. The molecule has 0 aliphatic carbocycles. The molecule has 2 aromatic rings. The van der Waals surface area contributed by atoms with E-state index in [0.717, 1.165) is 36.8 Å². The van der Waals surface area contributed by atoms with Crippen LogP contribution in [-0.2, 0) is 22.1 Å². The molecule has 5 nitrogen and oxygen atoms in total. The molecule has 3 heterocycles. The van der Waals surface area contributed by atoms with E-state index in [9.17, 15) is 18.0 Å². The molecule has 34 heavy (non-hydrogen) atoms. The van der Waals surface area contributed by atoms with E-state index in [-0.39, 0.29) is 18.1 Å². The lowest BCUT2D eigenvalue weighted by molar-refractivity contribution is -0.137. The van der Waals surface area contributed by atoms with E-state index in [1.54, 1.807) is 6.07 Å². The maximum absolute atomic E-state index is 13.4. The predicted molar refractivity (Wildman–Crippen MR) is 125 cm³/mol. The van der Waals surface area contributed by atoms with Gasteiger partial charge in [0, 0.05) is 44.2 Å². The van der Waals surface area contributed by atoms with Crippen LogP contribution in [0.2, 0.25) is 0 Å². The first-order valence-corrected chi connectivity index (χ1v) is 12.0. The zero-order valence-corrected chi connectivity index (χ0v) is 19.3. The minimum absolute atomic E-state index is 0.0168. The van der Waals surface area contributed by atoms with Crippen LogP contribution < -0.4 is 15.1 Å². The van der Waals surface area contributed by atoms with Crippen LogP contribution in [0.25, 0.3) is 0 Å². The van der Waals surface area contributed by atoms with E-state index >= 15 is 0 Å². The summed E-state index contributed by atoms with van der Waals surface area (Å²) in [6, 6.07) is 12.1. The second-order valence-electron chi connectivity index (χ2n) is 9.57. The second kappa shape index (κ2) is 9.13. The van der Waals surface area contributed by atoms with Gasteiger partial charge in [0.05, 0.1) is 23.6 Å². The van der Waals surface area contributed by atoms with Crippen LogP contribution in [-0.4, -0.2) is 50.8 Å². The van der Waals surface area contributed by atoms with Gasteiger partial charge in [0.25, 0.3) is 0 Å². The molecule has 1 N–H and O–H groups in total. The van der Waals surface area contributed by atoms with Gasteiger partial charge < -0.3 is 19.9 Å². The van der Waals surface area contributed by atoms with Crippen molar-refractivity contribution >= 4 is 17.3 Å². The Kier molecular flexibility index (Phi) is 6.18. The summed E-state index contributed by atoms with van der Waals surface area (Å²) in [5.41, 5.74) is 3.01. The number of fused-ring (bicyclic) bond motifs is 3. The normalized spacial score (nSPS) is 24.5. The molecule has 0 radical (unpaired) electrons. The summed E-state index contributed by atoms with van der Waals surface area (Å²) >= 11 is 0. The van der Waals surface area contributed by atoms with Crippen LogP contribution >= 0.6 is 0 Å². The Balaban J connectivity index is 1.42. The zero-order chi connectivity index (χ0) is 23.9. The van der Waals surface area contributed by atoms with Gasteiger partial charge in [-0.15, -0.1) is 0 Å². The van der Waals surface area contributed by atoms with Crippen LogP contribution in [0.15, 0.2) is 42.5 Å². The van der Waals surface area contributed by atoms with Crippen molar-refractivity contribution in [1.82, 2.24) is 5.32 Å². The Morgan fingerprint density at radius 1 is 1.15 bits per heavy atom. The lowest BCUT2D eigenvalue weighted by Gasteiger charge is -2.49. The monoisotopic (exact) mass is 473 g/mol. The standard InChI is InChI=1S/C26H30F3N3O2/c1-17-4-7-20(8-5-17)31-10-11-32-23-9-6-19(26(27,28)29)13-18(23)14-22(24(32)16-31)25(33)30-15-21-3-2-12-34-21/h4-9,13,21-22,24H,2-3,10-12,14-16H2,1H3,(H,30,33). The number of halogens is 3. The molecule has 0 bridgehead atoms. The number of aryl methyl sites for hydroxylation is 1. The lowest BCUT2D eigenvalue weighted by atomic mass is 9.82. The summed E-state index contributed by atoms with van der Waals surface area (Å²) in [4.78, 5) is 17.8. The highest BCUT2D eigenvalue weighted by Gasteiger charge is 2.43. The van der Waals surface area contributed by atoms with Crippen LogP contribution in [0, 0.1) is 12.8 Å². The van der Waals surface area contributed by atoms with Crippen molar-refractivity contribution in [3.8, 4) is 0 Å². The first-order valence-electron chi connectivity index (χ1n) is 12.0. The van der Waals surface area contributed by atoms with E-state index in [1.807, 2.05) is 6.92 Å². The van der Waals surface area contributed by atoms with Crippen molar-refractivity contribution in [2.24, 2.45) is 5.92 Å². The number of carbonyl (C=O) groups is 1. The van der Waals surface area contributed by atoms with Crippen molar-refractivity contribution in [1.29, 1.82) is 0 Å². The Hall–Kier alpha value is -2.74. The molecular formula is C26H30F3N3O2. The molecule has 3 atom stereocenters. The zero-order valence-electron chi connectivity index (χ0n) is 19.3. The van der Waals surface area contributed by atoms with Crippen molar-refractivity contribution in [2.75, 3.05) is 42.6 Å². The average molecular weight is 474 g/mol. The van der Waals surface area contributed by atoms with Gasteiger partial charge >= 0.3 is 6.18 Å². The van der Waals surface area contributed by atoms with Crippen molar-refractivity contribution < 1.29 is 22.7 Å². The maximum Gasteiger partial charge on any atom is 0.416 e. The molecule has 5 rings (SSSR count). The number of nitrogens with zero attached hydrogens (tertiary/aromatic N) is 2. The largest absolute Gasteiger partial charge is 0.416 e. The predicted octanol–water partition coefficient (Wildman–Crippen LogP) is 4.18. The molecule has 0 saturated carbocycles. The Morgan fingerprint density at radius 2 is 1.94 bits per heavy atom. The van der Waals surface area contributed by atoms with Gasteiger partial charge in [-0.25, -0.2) is 0 Å². The van der Waals surface area contributed by atoms with Crippen LogP contribution in [0.5, 0.6) is 0 Å². The van der Waals surface area contributed by atoms with E-state index < -0.39 is 17.7 Å². The number of amides is 1. The highest BCUT2D eigenvalue weighted by molar-refractivity contribution is 5.82. The van der Waals surface area contributed by atoms with Gasteiger partial charge in [-0.3, -0.25) is 4.79 Å². The van der Waals surface area contributed by atoms with Gasteiger partial charge in [-0.1, -0.05) is 17.7 Å². The van der Waals surface area contributed by atoms with Gasteiger partial charge in [0.15, 0.2) is 0 Å². The fourth-order valence-corrected chi connectivity index (χ4v) is 5.44. The summed E-state index contributed by atoms with van der Waals surface area (Å²) in [6.07, 6.45) is -2.20. The van der Waals surface area contributed by atoms with Crippen molar-refractivity contribution in [2.45, 2.75) is 44.5 Å². The molecule has 3 aliphatic heterocycles. The van der Waals surface area contributed by atoms with E-state index in [4.69, 9.17) is 4.74 Å². The Bertz CT molecular complexity index is 1030. The van der Waals surface area contributed by atoms with E-state index in [1.165, 1.54) is 11.6 Å². The molecule has 8 heteroatoms. The summed E-state index contributed by atoms with van der Waals surface area (Å²) in [7, 11) is 0. The SMILES string of the molecule is Cc1ccc(N2CCN3c4ccc(C(F)(F)F)cc4CC(C(=O)NCC4CCCO4)C3C2)cc1. The number of alkyl halides is 3. The minimum atomic E-state index is -4.41. The number of nitrogens with one attached hydrogen (secondary N) is 1. The molecule has 2 saturated heterocycles. The minimum Gasteiger partial charge on any atom is -0.376 e. The molecule has 0 spiro atoms. The third-order valence-electron chi connectivity index (χ3n) is 7.30. The summed E-state index contributed by atoms with van der Waals surface area (Å²) in [6.45, 7) is 5.22. The fourth-order valence-electron chi connectivity index (χ4n) is 5.44. The smallest absolute Gasteiger partial charge is 0.376 e.